The lowest BCUT2D eigenvalue weighted by Crippen LogP contribution is -2.41. The zero-order valence-corrected chi connectivity index (χ0v) is 18.7. The summed E-state index contributed by atoms with van der Waals surface area (Å²) in [6.45, 7) is 8.60. The fourth-order valence-corrected chi connectivity index (χ4v) is 4.06. The Hall–Kier alpha value is -2.32. The van der Waals surface area contributed by atoms with Crippen LogP contribution in [0.3, 0.4) is 0 Å². The van der Waals surface area contributed by atoms with Gasteiger partial charge in [0, 0.05) is 24.6 Å². The smallest absolute Gasteiger partial charge is 0.410 e. The number of benzene rings is 1. The molecule has 8 heteroatoms. The summed E-state index contributed by atoms with van der Waals surface area (Å²) in [5, 5.41) is 0. The summed E-state index contributed by atoms with van der Waals surface area (Å²) in [5.41, 5.74) is 1.99. The van der Waals surface area contributed by atoms with Crippen LogP contribution in [0.2, 0.25) is 0 Å². The number of amides is 1. The third-order valence-electron chi connectivity index (χ3n) is 5.10. The molecule has 0 radical (unpaired) electrons. The van der Waals surface area contributed by atoms with Gasteiger partial charge in [0.2, 0.25) is 0 Å². The van der Waals surface area contributed by atoms with Crippen molar-refractivity contribution in [2.75, 3.05) is 13.1 Å². The van der Waals surface area contributed by atoms with Gasteiger partial charge < -0.3 is 14.1 Å². The number of ether oxygens (including phenoxy) is 1. The molecule has 0 aliphatic carbocycles. The molecule has 1 unspecified atom stereocenters. The summed E-state index contributed by atoms with van der Waals surface area (Å²) in [7, 11) is -3.05. The third kappa shape index (κ3) is 5.64. The first-order valence-corrected chi connectivity index (χ1v) is 11.2. The van der Waals surface area contributed by atoms with Crippen molar-refractivity contribution in [3.63, 3.8) is 0 Å². The Morgan fingerprint density at radius 1 is 1.13 bits per heavy atom. The lowest BCUT2D eigenvalue weighted by atomic mass is 9.89. The molecule has 1 atom stereocenters. The van der Waals surface area contributed by atoms with Crippen molar-refractivity contribution in [3.05, 3.63) is 59.0 Å². The third-order valence-corrected chi connectivity index (χ3v) is 5.48. The number of nitrogens with zero attached hydrogens (tertiary/aromatic N) is 1. The minimum absolute atomic E-state index is 0.0646. The monoisotopic (exact) mass is 435 g/mol. The standard InChI is InChI=1S/C22H29NO6S/c1-15-5-7-16(8-6-15)20(29-30(25)26)18-11-14-27-19(18)17-9-12-23(13-10-17)21(24)28-22(2,3)4/h5-8,11,14,17,20,30H,9-10,12-13H2,1-4H3. The van der Waals surface area contributed by atoms with Gasteiger partial charge in [0.15, 0.2) is 0 Å². The fourth-order valence-electron chi connectivity index (χ4n) is 3.65. The lowest BCUT2D eigenvalue weighted by molar-refractivity contribution is 0.0199. The van der Waals surface area contributed by atoms with Gasteiger partial charge in [0.25, 0.3) is 11.0 Å². The molecule has 1 amide bonds. The highest BCUT2D eigenvalue weighted by atomic mass is 32.2. The van der Waals surface area contributed by atoms with E-state index in [-0.39, 0.29) is 12.0 Å². The first kappa shape index (κ1) is 22.4. The molecule has 1 aliphatic rings. The molecule has 2 aromatic rings. The molecule has 0 N–H and O–H groups in total. The average molecular weight is 436 g/mol. The van der Waals surface area contributed by atoms with Gasteiger partial charge in [-0.15, -0.1) is 0 Å². The molecule has 30 heavy (non-hydrogen) atoms. The highest BCUT2D eigenvalue weighted by Gasteiger charge is 2.32. The van der Waals surface area contributed by atoms with Crippen molar-refractivity contribution in [3.8, 4) is 0 Å². The van der Waals surface area contributed by atoms with E-state index in [4.69, 9.17) is 13.3 Å². The van der Waals surface area contributed by atoms with E-state index >= 15 is 0 Å². The molecule has 1 aromatic heterocycles. The number of hydrogen-bond acceptors (Lipinski definition) is 6. The highest BCUT2D eigenvalue weighted by molar-refractivity contribution is 7.67. The van der Waals surface area contributed by atoms with Crippen LogP contribution in [0, 0.1) is 6.92 Å². The van der Waals surface area contributed by atoms with Gasteiger partial charge in [-0.2, -0.15) is 0 Å². The molecular formula is C22H29NO6S. The predicted molar refractivity (Wildman–Crippen MR) is 113 cm³/mol. The molecule has 164 valence electrons. The molecule has 0 saturated carbocycles. The largest absolute Gasteiger partial charge is 0.469 e. The van der Waals surface area contributed by atoms with E-state index in [1.165, 1.54) is 0 Å². The van der Waals surface area contributed by atoms with Crippen LogP contribution in [-0.2, 0) is 19.9 Å². The Bertz CT molecular complexity index is 925. The number of piperidine rings is 1. The van der Waals surface area contributed by atoms with Crippen molar-refractivity contribution in [1.82, 2.24) is 4.90 Å². The van der Waals surface area contributed by atoms with Crippen LogP contribution in [0.5, 0.6) is 0 Å². The molecule has 7 nitrogen and oxygen atoms in total. The van der Waals surface area contributed by atoms with Crippen molar-refractivity contribution in [2.45, 2.75) is 58.2 Å². The van der Waals surface area contributed by atoms with Crippen molar-refractivity contribution in [1.29, 1.82) is 0 Å². The average Bonchev–Trinajstić information content (AvgIpc) is 3.15. The second-order valence-corrected chi connectivity index (χ2v) is 9.26. The van der Waals surface area contributed by atoms with Gasteiger partial charge in [-0.05, 0) is 52.2 Å². The van der Waals surface area contributed by atoms with Crippen LogP contribution in [-0.4, -0.2) is 38.1 Å². The number of rotatable bonds is 5. The van der Waals surface area contributed by atoms with Gasteiger partial charge in [-0.25, -0.2) is 13.2 Å². The van der Waals surface area contributed by atoms with Gasteiger partial charge in [0.1, 0.15) is 17.5 Å². The summed E-state index contributed by atoms with van der Waals surface area (Å²) in [6, 6.07) is 9.33. The summed E-state index contributed by atoms with van der Waals surface area (Å²) in [5.74, 6) is 0.774. The minimum Gasteiger partial charge on any atom is -0.469 e. The van der Waals surface area contributed by atoms with E-state index in [2.05, 4.69) is 0 Å². The zero-order valence-electron chi connectivity index (χ0n) is 17.8. The van der Waals surface area contributed by atoms with E-state index in [0.29, 0.717) is 37.3 Å². The topological polar surface area (TPSA) is 86.1 Å². The summed E-state index contributed by atoms with van der Waals surface area (Å²) >= 11 is 0. The number of carbonyl (C=O) groups is 1. The maximum absolute atomic E-state index is 12.3. The SMILES string of the molecule is Cc1ccc(C(O[SH](=O)=O)c2ccoc2C2CCN(C(=O)OC(C)(C)C)CC2)cc1. The molecule has 1 aromatic carbocycles. The lowest BCUT2D eigenvalue weighted by Gasteiger charge is -2.33. The molecule has 3 rings (SSSR count). The van der Waals surface area contributed by atoms with Gasteiger partial charge in [-0.1, -0.05) is 29.8 Å². The second-order valence-electron chi connectivity index (χ2n) is 8.60. The Morgan fingerprint density at radius 2 is 1.77 bits per heavy atom. The van der Waals surface area contributed by atoms with Gasteiger partial charge in [-0.3, -0.25) is 4.18 Å². The van der Waals surface area contributed by atoms with Gasteiger partial charge in [0.05, 0.1) is 6.26 Å². The fraction of sp³-hybridized carbons (Fsp3) is 0.500. The van der Waals surface area contributed by atoms with E-state index < -0.39 is 22.7 Å². The Labute approximate surface area is 179 Å². The van der Waals surface area contributed by atoms with Crippen molar-refractivity contribution >= 4 is 17.1 Å². The zero-order chi connectivity index (χ0) is 21.9. The highest BCUT2D eigenvalue weighted by Crippen LogP contribution is 2.37. The van der Waals surface area contributed by atoms with Crippen LogP contribution >= 0.6 is 0 Å². The van der Waals surface area contributed by atoms with Crippen LogP contribution in [0.4, 0.5) is 4.79 Å². The van der Waals surface area contributed by atoms with E-state index in [1.807, 2.05) is 52.0 Å². The molecule has 1 saturated heterocycles. The van der Waals surface area contributed by atoms with E-state index in [1.54, 1.807) is 17.2 Å². The summed E-state index contributed by atoms with van der Waals surface area (Å²) in [6.07, 6.45) is 1.88. The van der Waals surface area contributed by atoms with Gasteiger partial charge >= 0.3 is 6.09 Å². The Balaban J connectivity index is 1.77. The maximum Gasteiger partial charge on any atom is 0.410 e. The molecule has 0 bridgehead atoms. The van der Waals surface area contributed by atoms with Crippen molar-refractivity contribution < 1.29 is 26.5 Å². The normalized spacial score (nSPS) is 16.6. The second kappa shape index (κ2) is 9.22. The molecule has 2 heterocycles. The molecule has 0 spiro atoms. The first-order valence-electron chi connectivity index (χ1n) is 10.1. The van der Waals surface area contributed by atoms with E-state index in [9.17, 15) is 13.2 Å². The molecule has 1 aliphatic heterocycles. The number of furan rings is 1. The first-order chi connectivity index (χ1) is 14.1. The molecule has 1 fully saturated rings. The van der Waals surface area contributed by atoms with Crippen LogP contribution in [0.1, 0.15) is 68.1 Å². The Kier molecular flexibility index (Phi) is 6.88. The number of hydrogen-bond donors (Lipinski definition) is 1. The van der Waals surface area contributed by atoms with Crippen LogP contribution < -0.4 is 0 Å². The number of aryl methyl sites for hydroxylation is 1. The quantitative estimate of drug-likeness (QED) is 0.704. The Morgan fingerprint density at radius 3 is 2.33 bits per heavy atom. The molecular weight excluding hydrogens is 406 g/mol. The number of likely N-dealkylation sites (tertiary alicyclic amines) is 1. The number of carbonyl (C=O) groups excluding carboxylic acids is 1. The predicted octanol–water partition coefficient (Wildman–Crippen LogP) is 4.33. The summed E-state index contributed by atoms with van der Waals surface area (Å²) in [4.78, 5) is 14.0. The summed E-state index contributed by atoms with van der Waals surface area (Å²) < 4.78 is 39.3. The van der Waals surface area contributed by atoms with Crippen LogP contribution in [0.25, 0.3) is 0 Å². The van der Waals surface area contributed by atoms with Crippen LogP contribution in [0.15, 0.2) is 41.0 Å². The van der Waals surface area contributed by atoms with Crippen molar-refractivity contribution in [2.24, 2.45) is 0 Å². The number of thiol groups is 1. The minimum atomic E-state index is -3.05. The van der Waals surface area contributed by atoms with E-state index in [0.717, 1.165) is 11.1 Å². The maximum atomic E-state index is 12.3.